The van der Waals surface area contributed by atoms with Crippen LogP contribution in [0.15, 0.2) is 12.4 Å². The van der Waals surface area contributed by atoms with Gasteiger partial charge in [0.05, 0.1) is 12.6 Å². The minimum atomic E-state index is -0.244. The van der Waals surface area contributed by atoms with Gasteiger partial charge in [0.25, 0.3) is 0 Å². The lowest BCUT2D eigenvalue weighted by Crippen LogP contribution is -2.43. The lowest BCUT2D eigenvalue weighted by atomic mass is 10.1. The smallest absolute Gasteiger partial charge is 0.240 e. The Hall–Kier alpha value is -2.33. The van der Waals surface area contributed by atoms with Crippen molar-refractivity contribution in [1.82, 2.24) is 25.1 Å². The highest BCUT2D eigenvalue weighted by molar-refractivity contribution is 5.82. The highest BCUT2D eigenvalue weighted by Crippen LogP contribution is 2.18. The Morgan fingerprint density at radius 2 is 2.16 bits per heavy atom. The van der Waals surface area contributed by atoms with E-state index in [0.29, 0.717) is 26.1 Å². The lowest BCUT2D eigenvalue weighted by molar-refractivity contribution is -0.125. The number of aromatic nitrogens is 2. The van der Waals surface area contributed by atoms with Crippen LogP contribution in [0.2, 0.25) is 0 Å². The molecule has 1 aromatic rings. The van der Waals surface area contributed by atoms with Gasteiger partial charge in [-0.05, 0) is 20.3 Å². The molecule has 25 heavy (non-hydrogen) atoms. The molecule has 1 aliphatic heterocycles. The number of nitrogens with zero attached hydrogens (tertiary/aromatic N) is 3. The molecule has 0 aromatic carbocycles. The number of imidazole rings is 1. The van der Waals surface area contributed by atoms with Crippen LogP contribution in [0.3, 0.4) is 0 Å². The summed E-state index contributed by atoms with van der Waals surface area (Å²) >= 11 is 0. The molecule has 2 amide bonds. The fourth-order valence-corrected chi connectivity index (χ4v) is 3.03. The van der Waals surface area contributed by atoms with E-state index in [2.05, 4.69) is 27.5 Å². The summed E-state index contributed by atoms with van der Waals surface area (Å²) in [6.07, 6.45) is 4.86. The normalized spacial score (nSPS) is 20.0. The number of carbonyl (C=O) groups excluding carboxylic acids is 2. The first-order valence-electron chi connectivity index (χ1n) is 8.79. The summed E-state index contributed by atoms with van der Waals surface area (Å²) in [7, 11) is 0. The molecule has 0 saturated carbocycles. The van der Waals surface area contributed by atoms with Gasteiger partial charge in [-0.25, -0.2) is 4.98 Å². The Balaban J connectivity index is 1.95. The Morgan fingerprint density at radius 3 is 2.80 bits per heavy atom. The quantitative estimate of drug-likeness (QED) is 0.727. The molecule has 0 bridgehead atoms. The molecule has 2 heterocycles. The standard InChI is InChI=1S/C18H27N5O2/c1-4-6-7-9-23-12-15(11-16(23)18(25)19-5-2)21-17(24)13-22-10-8-20-14(22)3/h8,10,15-16H,4-5,9,11-13H2,1-3H3,(H,19,25)(H,21,24)/t15-,16-/m0/s1. The second kappa shape index (κ2) is 9.23. The molecule has 1 aliphatic rings. The van der Waals surface area contributed by atoms with Crippen LogP contribution in [-0.4, -0.2) is 58.0 Å². The summed E-state index contributed by atoms with van der Waals surface area (Å²) in [5.41, 5.74) is 0. The fourth-order valence-electron chi connectivity index (χ4n) is 3.03. The van der Waals surface area contributed by atoms with Gasteiger partial charge in [0, 0.05) is 37.9 Å². The van der Waals surface area contributed by atoms with Crippen LogP contribution in [0.1, 0.15) is 32.5 Å². The SMILES string of the molecule is CCC#CCN1C[C@@H](NC(=O)Cn2ccnc2C)C[C@H]1C(=O)NCC. The Labute approximate surface area is 149 Å². The molecule has 2 atom stereocenters. The highest BCUT2D eigenvalue weighted by Gasteiger charge is 2.36. The largest absolute Gasteiger partial charge is 0.355 e. The summed E-state index contributed by atoms with van der Waals surface area (Å²) in [6.45, 7) is 7.78. The second-order valence-corrected chi connectivity index (χ2v) is 6.15. The van der Waals surface area contributed by atoms with Gasteiger partial charge in [0.1, 0.15) is 12.4 Å². The van der Waals surface area contributed by atoms with E-state index in [9.17, 15) is 9.59 Å². The Morgan fingerprint density at radius 1 is 1.36 bits per heavy atom. The van der Waals surface area contributed by atoms with Crippen molar-refractivity contribution >= 4 is 11.8 Å². The number of carbonyl (C=O) groups is 2. The van der Waals surface area contributed by atoms with Crippen LogP contribution >= 0.6 is 0 Å². The maximum absolute atomic E-state index is 12.3. The molecular weight excluding hydrogens is 318 g/mol. The Kier molecular flexibility index (Phi) is 7.02. The summed E-state index contributed by atoms with van der Waals surface area (Å²) in [6, 6.07) is -0.293. The predicted octanol–water partition coefficient (Wildman–Crippen LogP) is 0.300. The monoisotopic (exact) mass is 345 g/mol. The van der Waals surface area contributed by atoms with E-state index >= 15 is 0 Å². The van der Waals surface area contributed by atoms with Crippen molar-refractivity contribution in [2.75, 3.05) is 19.6 Å². The molecule has 0 aliphatic carbocycles. The predicted molar refractivity (Wildman–Crippen MR) is 95.6 cm³/mol. The van der Waals surface area contributed by atoms with Crippen molar-refractivity contribution in [1.29, 1.82) is 0 Å². The van der Waals surface area contributed by atoms with Crippen LogP contribution in [0.4, 0.5) is 0 Å². The van der Waals surface area contributed by atoms with E-state index < -0.39 is 0 Å². The topological polar surface area (TPSA) is 79.3 Å². The fraction of sp³-hybridized carbons (Fsp3) is 0.611. The highest BCUT2D eigenvalue weighted by atomic mass is 16.2. The zero-order valence-corrected chi connectivity index (χ0v) is 15.2. The molecule has 0 spiro atoms. The molecule has 1 saturated heterocycles. The zero-order chi connectivity index (χ0) is 18.2. The van der Waals surface area contributed by atoms with Crippen molar-refractivity contribution in [3.8, 4) is 11.8 Å². The number of hydrogen-bond acceptors (Lipinski definition) is 4. The minimum Gasteiger partial charge on any atom is -0.355 e. The van der Waals surface area contributed by atoms with Crippen LogP contribution in [0.25, 0.3) is 0 Å². The molecule has 2 N–H and O–H groups in total. The maximum Gasteiger partial charge on any atom is 0.240 e. The molecule has 7 heteroatoms. The van der Waals surface area contributed by atoms with Crippen molar-refractivity contribution in [2.24, 2.45) is 0 Å². The number of hydrogen-bond donors (Lipinski definition) is 2. The average Bonchev–Trinajstić information content (AvgIpc) is 3.15. The van der Waals surface area contributed by atoms with Gasteiger partial charge in [-0.1, -0.05) is 12.8 Å². The number of likely N-dealkylation sites (N-methyl/N-ethyl adjacent to an activating group) is 1. The van der Waals surface area contributed by atoms with Crippen molar-refractivity contribution < 1.29 is 9.59 Å². The number of rotatable bonds is 6. The van der Waals surface area contributed by atoms with Crippen molar-refractivity contribution in [3.63, 3.8) is 0 Å². The van der Waals surface area contributed by atoms with Crippen molar-refractivity contribution in [2.45, 2.75) is 52.2 Å². The number of aryl methyl sites for hydroxylation is 1. The van der Waals surface area contributed by atoms with Gasteiger partial charge >= 0.3 is 0 Å². The number of likely N-dealkylation sites (tertiary alicyclic amines) is 1. The van der Waals surface area contributed by atoms with Gasteiger partial charge in [-0.3, -0.25) is 14.5 Å². The molecule has 0 unspecified atom stereocenters. The maximum atomic E-state index is 12.3. The zero-order valence-electron chi connectivity index (χ0n) is 15.2. The third-order valence-electron chi connectivity index (χ3n) is 4.24. The second-order valence-electron chi connectivity index (χ2n) is 6.15. The Bertz CT molecular complexity index is 658. The van der Waals surface area contributed by atoms with Gasteiger partial charge in [-0.15, -0.1) is 5.92 Å². The molecular formula is C18H27N5O2. The summed E-state index contributed by atoms with van der Waals surface area (Å²) in [5.74, 6) is 6.87. The molecule has 7 nitrogen and oxygen atoms in total. The molecule has 2 rings (SSSR count). The van der Waals surface area contributed by atoms with E-state index in [1.165, 1.54) is 0 Å². The van der Waals surface area contributed by atoms with E-state index in [-0.39, 0.29) is 30.4 Å². The molecule has 1 aromatic heterocycles. The summed E-state index contributed by atoms with van der Waals surface area (Å²) in [4.78, 5) is 30.7. The van der Waals surface area contributed by atoms with Gasteiger partial charge < -0.3 is 15.2 Å². The summed E-state index contributed by atoms with van der Waals surface area (Å²) < 4.78 is 1.80. The van der Waals surface area contributed by atoms with E-state index in [1.54, 1.807) is 17.0 Å². The van der Waals surface area contributed by atoms with E-state index in [0.717, 1.165) is 12.2 Å². The first-order valence-corrected chi connectivity index (χ1v) is 8.79. The van der Waals surface area contributed by atoms with Gasteiger partial charge in [0.2, 0.25) is 11.8 Å². The summed E-state index contributed by atoms with van der Waals surface area (Å²) in [5, 5.41) is 5.91. The molecule has 136 valence electrons. The number of nitrogens with one attached hydrogen (secondary N) is 2. The van der Waals surface area contributed by atoms with E-state index in [4.69, 9.17) is 0 Å². The third kappa shape index (κ3) is 5.33. The first kappa shape index (κ1) is 19.0. The van der Waals surface area contributed by atoms with Crippen LogP contribution < -0.4 is 10.6 Å². The lowest BCUT2D eigenvalue weighted by Gasteiger charge is -2.20. The molecule has 0 radical (unpaired) electrons. The minimum absolute atomic E-state index is 0.00278. The first-order chi connectivity index (χ1) is 12.0. The van der Waals surface area contributed by atoms with E-state index in [1.807, 2.05) is 25.7 Å². The van der Waals surface area contributed by atoms with Gasteiger partial charge in [-0.2, -0.15) is 0 Å². The van der Waals surface area contributed by atoms with Crippen LogP contribution in [0, 0.1) is 18.8 Å². The van der Waals surface area contributed by atoms with Gasteiger partial charge in [0.15, 0.2) is 0 Å². The van der Waals surface area contributed by atoms with Crippen LogP contribution in [0.5, 0.6) is 0 Å². The average molecular weight is 345 g/mol. The van der Waals surface area contributed by atoms with Crippen molar-refractivity contribution in [3.05, 3.63) is 18.2 Å². The van der Waals surface area contributed by atoms with Crippen LogP contribution in [-0.2, 0) is 16.1 Å². The number of amides is 2. The third-order valence-corrected chi connectivity index (χ3v) is 4.24. The molecule has 1 fully saturated rings.